The lowest BCUT2D eigenvalue weighted by molar-refractivity contribution is -0.122. The normalized spacial score (nSPS) is 16.8. The number of carbonyl (C=O) groups excluding carboxylic acids is 2. The number of thiophene rings is 1. The van der Waals surface area contributed by atoms with Crippen LogP contribution in [0.3, 0.4) is 0 Å². The first-order chi connectivity index (χ1) is 13.8. The Bertz CT molecular complexity index is 919. The Morgan fingerprint density at radius 3 is 2.66 bits per heavy atom. The van der Waals surface area contributed by atoms with Crippen LogP contribution >= 0.6 is 11.3 Å². The summed E-state index contributed by atoms with van der Waals surface area (Å²) in [6.45, 7) is 8.15. The fourth-order valence-corrected chi connectivity index (χ4v) is 5.19. The topological polar surface area (TPSA) is 81.4 Å². The highest BCUT2D eigenvalue weighted by Gasteiger charge is 2.29. The molecule has 0 aliphatic heterocycles. The van der Waals surface area contributed by atoms with Gasteiger partial charge in [0.25, 0.3) is 11.8 Å². The number of amides is 2. The average molecular weight is 415 g/mol. The lowest BCUT2D eigenvalue weighted by Crippen LogP contribution is -2.32. The second-order valence-electron chi connectivity index (χ2n) is 7.84. The smallest absolute Gasteiger partial charge is 0.266 e. The van der Waals surface area contributed by atoms with E-state index in [0.29, 0.717) is 28.7 Å². The summed E-state index contributed by atoms with van der Waals surface area (Å²) < 4.78 is 5.95. The zero-order valence-corrected chi connectivity index (χ0v) is 18.4. The van der Waals surface area contributed by atoms with Gasteiger partial charge >= 0.3 is 0 Å². The summed E-state index contributed by atoms with van der Waals surface area (Å²) in [5.41, 5.74) is 9.47. The van der Waals surface area contributed by atoms with Gasteiger partial charge in [-0.05, 0) is 74.3 Å². The third-order valence-corrected chi connectivity index (χ3v) is 7.02. The molecule has 0 saturated heterocycles. The third-order valence-electron chi connectivity index (χ3n) is 5.85. The second kappa shape index (κ2) is 8.99. The number of nitrogens with two attached hydrogens (primary N) is 1. The third kappa shape index (κ3) is 4.64. The van der Waals surface area contributed by atoms with E-state index in [1.54, 1.807) is 0 Å². The van der Waals surface area contributed by atoms with E-state index in [2.05, 4.69) is 12.2 Å². The van der Waals surface area contributed by atoms with Gasteiger partial charge in [0.15, 0.2) is 6.10 Å². The SMILES string of the molecule is CC[C@H]1CCc2c(sc(NC(=O)[C@H](CC)Oc3ccc(C)c(C)c3)c2C(N)=O)C1. The first kappa shape index (κ1) is 21.4. The highest BCUT2D eigenvalue weighted by molar-refractivity contribution is 7.17. The van der Waals surface area contributed by atoms with Crippen LogP contribution in [0.15, 0.2) is 18.2 Å². The van der Waals surface area contributed by atoms with Crippen molar-refractivity contribution in [1.82, 2.24) is 0 Å². The number of rotatable bonds is 7. The van der Waals surface area contributed by atoms with Crippen LogP contribution in [-0.2, 0) is 17.6 Å². The molecule has 29 heavy (non-hydrogen) atoms. The zero-order chi connectivity index (χ0) is 21.1. The molecule has 1 aromatic carbocycles. The van der Waals surface area contributed by atoms with Crippen molar-refractivity contribution in [3.63, 3.8) is 0 Å². The molecule has 2 aromatic rings. The number of nitrogens with one attached hydrogen (secondary N) is 1. The Hall–Kier alpha value is -2.34. The van der Waals surface area contributed by atoms with Crippen molar-refractivity contribution in [3.05, 3.63) is 45.3 Å². The van der Waals surface area contributed by atoms with Crippen molar-refractivity contribution < 1.29 is 14.3 Å². The fourth-order valence-electron chi connectivity index (χ4n) is 3.82. The minimum absolute atomic E-state index is 0.251. The van der Waals surface area contributed by atoms with Crippen molar-refractivity contribution in [2.75, 3.05) is 5.32 Å². The lowest BCUT2D eigenvalue weighted by atomic mass is 9.85. The minimum atomic E-state index is -0.639. The second-order valence-corrected chi connectivity index (χ2v) is 8.94. The van der Waals surface area contributed by atoms with Gasteiger partial charge in [0, 0.05) is 4.88 Å². The fraction of sp³-hybridized carbons (Fsp3) is 0.478. The standard InChI is InChI=1S/C23H30N2O3S/c1-5-15-8-10-17-19(12-15)29-23(20(17)21(24)26)25-22(27)18(6-2)28-16-9-7-13(3)14(4)11-16/h7,9,11,15,18H,5-6,8,10,12H2,1-4H3,(H2,24,26)(H,25,27)/t15-,18-/m0/s1. The van der Waals surface area contributed by atoms with E-state index < -0.39 is 12.0 Å². The van der Waals surface area contributed by atoms with E-state index in [-0.39, 0.29) is 5.91 Å². The molecular formula is C23H30N2O3S. The molecule has 0 radical (unpaired) electrons. The molecular weight excluding hydrogens is 384 g/mol. The minimum Gasteiger partial charge on any atom is -0.481 e. The number of primary amides is 1. The summed E-state index contributed by atoms with van der Waals surface area (Å²) in [6.07, 6.45) is 3.85. The number of hydrogen-bond acceptors (Lipinski definition) is 4. The maximum Gasteiger partial charge on any atom is 0.266 e. The molecule has 6 heteroatoms. The monoisotopic (exact) mass is 414 g/mol. The van der Waals surface area contributed by atoms with Crippen LogP contribution in [0, 0.1) is 19.8 Å². The van der Waals surface area contributed by atoms with Gasteiger partial charge in [0.2, 0.25) is 0 Å². The van der Waals surface area contributed by atoms with Crippen molar-refractivity contribution in [2.24, 2.45) is 11.7 Å². The summed E-state index contributed by atoms with van der Waals surface area (Å²) >= 11 is 1.49. The van der Waals surface area contributed by atoms with Gasteiger partial charge in [-0.1, -0.05) is 26.3 Å². The Balaban J connectivity index is 1.80. The summed E-state index contributed by atoms with van der Waals surface area (Å²) in [5.74, 6) is 0.568. The molecule has 0 fully saturated rings. The van der Waals surface area contributed by atoms with Crippen LogP contribution in [0.2, 0.25) is 0 Å². The molecule has 0 saturated carbocycles. The number of carbonyl (C=O) groups is 2. The molecule has 1 aliphatic carbocycles. The summed E-state index contributed by atoms with van der Waals surface area (Å²) in [5, 5.41) is 3.49. The summed E-state index contributed by atoms with van der Waals surface area (Å²) in [6, 6.07) is 5.80. The molecule has 3 rings (SSSR count). The van der Waals surface area contributed by atoms with Gasteiger partial charge in [-0.2, -0.15) is 0 Å². The molecule has 3 N–H and O–H groups in total. The van der Waals surface area contributed by atoms with Crippen LogP contribution in [0.5, 0.6) is 5.75 Å². The van der Waals surface area contributed by atoms with Gasteiger partial charge in [-0.15, -0.1) is 11.3 Å². The molecule has 5 nitrogen and oxygen atoms in total. The van der Waals surface area contributed by atoms with Gasteiger partial charge < -0.3 is 15.8 Å². The van der Waals surface area contributed by atoms with Crippen LogP contribution in [-0.4, -0.2) is 17.9 Å². The van der Waals surface area contributed by atoms with E-state index in [1.165, 1.54) is 21.8 Å². The zero-order valence-electron chi connectivity index (χ0n) is 17.6. The largest absolute Gasteiger partial charge is 0.481 e. The average Bonchev–Trinajstić information content (AvgIpc) is 3.05. The van der Waals surface area contributed by atoms with Crippen molar-refractivity contribution in [2.45, 2.75) is 65.9 Å². The maximum atomic E-state index is 12.9. The molecule has 1 aliphatic rings. The number of ether oxygens (including phenoxy) is 1. The molecule has 156 valence electrons. The predicted octanol–water partition coefficient (Wildman–Crippen LogP) is 4.77. The van der Waals surface area contributed by atoms with E-state index in [0.717, 1.165) is 36.8 Å². The molecule has 0 spiro atoms. The molecule has 1 aromatic heterocycles. The van der Waals surface area contributed by atoms with Crippen molar-refractivity contribution in [1.29, 1.82) is 0 Å². The van der Waals surface area contributed by atoms with E-state index >= 15 is 0 Å². The van der Waals surface area contributed by atoms with E-state index in [9.17, 15) is 9.59 Å². The van der Waals surface area contributed by atoms with Gasteiger partial charge in [-0.25, -0.2) is 0 Å². The van der Waals surface area contributed by atoms with Crippen molar-refractivity contribution in [3.8, 4) is 5.75 Å². The highest BCUT2D eigenvalue weighted by atomic mass is 32.1. The Labute approximate surface area is 176 Å². The highest BCUT2D eigenvalue weighted by Crippen LogP contribution is 2.40. The van der Waals surface area contributed by atoms with Gasteiger partial charge in [-0.3, -0.25) is 9.59 Å². The van der Waals surface area contributed by atoms with Crippen molar-refractivity contribution >= 4 is 28.2 Å². The van der Waals surface area contributed by atoms with E-state index in [4.69, 9.17) is 10.5 Å². The number of hydrogen-bond donors (Lipinski definition) is 2. The molecule has 2 amide bonds. The van der Waals surface area contributed by atoms with Crippen LogP contribution in [0.25, 0.3) is 0 Å². The van der Waals surface area contributed by atoms with Crippen LogP contribution in [0.4, 0.5) is 5.00 Å². The number of benzene rings is 1. The van der Waals surface area contributed by atoms with Crippen LogP contribution < -0.4 is 15.8 Å². The van der Waals surface area contributed by atoms with Crippen LogP contribution in [0.1, 0.15) is 65.0 Å². The summed E-state index contributed by atoms with van der Waals surface area (Å²) in [4.78, 5) is 26.2. The lowest BCUT2D eigenvalue weighted by Gasteiger charge is -2.20. The number of anilines is 1. The number of aryl methyl sites for hydroxylation is 2. The summed E-state index contributed by atoms with van der Waals surface area (Å²) in [7, 11) is 0. The molecule has 0 bridgehead atoms. The maximum absolute atomic E-state index is 12.9. The number of fused-ring (bicyclic) bond motifs is 1. The molecule has 2 atom stereocenters. The first-order valence-electron chi connectivity index (χ1n) is 10.3. The Morgan fingerprint density at radius 2 is 2.03 bits per heavy atom. The molecule has 0 unspecified atom stereocenters. The van der Waals surface area contributed by atoms with Gasteiger partial charge in [0.05, 0.1) is 5.56 Å². The van der Waals surface area contributed by atoms with Gasteiger partial charge in [0.1, 0.15) is 10.8 Å². The molecule has 1 heterocycles. The predicted molar refractivity (Wildman–Crippen MR) is 118 cm³/mol. The quantitative estimate of drug-likeness (QED) is 0.684. The van der Waals surface area contributed by atoms with E-state index in [1.807, 2.05) is 39.0 Å². The Kier molecular flexibility index (Phi) is 6.63. The first-order valence-corrected chi connectivity index (χ1v) is 11.1. The Morgan fingerprint density at radius 1 is 1.28 bits per heavy atom.